The Balaban J connectivity index is 1.77. The third-order valence-electron chi connectivity index (χ3n) is 4.02. The molecule has 1 saturated carbocycles. The summed E-state index contributed by atoms with van der Waals surface area (Å²) in [5.41, 5.74) is 1.24. The van der Waals surface area contributed by atoms with Gasteiger partial charge in [-0.15, -0.1) is 0 Å². The molecule has 0 bridgehead atoms. The van der Waals surface area contributed by atoms with E-state index in [-0.39, 0.29) is 5.60 Å². The van der Waals surface area contributed by atoms with Crippen LogP contribution in [0.25, 0.3) is 0 Å². The largest absolute Gasteiger partial charge is 0.483 e. The Bertz CT molecular complexity index is 371. The Kier molecular flexibility index (Phi) is 2.42. The van der Waals surface area contributed by atoms with E-state index in [0.717, 1.165) is 24.5 Å². The Hall–Kier alpha value is -0.980. The van der Waals surface area contributed by atoms with Crippen LogP contribution in [0.15, 0.2) is 35.6 Å². The van der Waals surface area contributed by atoms with Crippen LogP contribution in [0.2, 0.25) is 0 Å². The normalized spacial score (nSPS) is 33.3. The van der Waals surface area contributed by atoms with E-state index in [1.54, 1.807) is 0 Å². The second kappa shape index (κ2) is 3.80. The van der Waals surface area contributed by atoms with Gasteiger partial charge in [-0.1, -0.05) is 31.4 Å². The molecule has 0 saturated heterocycles. The molecule has 0 spiro atoms. The summed E-state index contributed by atoms with van der Waals surface area (Å²) >= 11 is 0. The molecule has 0 N–H and O–H groups in total. The molecule has 0 aromatic heterocycles. The molecule has 1 unspecified atom stereocenters. The summed E-state index contributed by atoms with van der Waals surface area (Å²) < 4.78 is 6.19. The van der Waals surface area contributed by atoms with Gasteiger partial charge in [-0.3, -0.25) is 0 Å². The van der Waals surface area contributed by atoms with Gasteiger partial charge in [0.1, 0.15) is 11.4 Å². The Morgan fingerprint density at radius 1 is 1.31 bits per heavy atom. The highest BCUT2D eigenvalue weighted by molar-refractivity contribution is 5.42. The van der Waals surface area contributed by atoms with Gasteiger partial charge < -0.3 is 4.74 Å². The lowest BCUT2D eigenvalue weighted by Gasteiger charge is -2.39. The van der Waals surface area contributed by atoms with Gasteiger partial charge in [-0.05, 0) is 44.3 Å². The lowest BCUT2D eigenvalue weighted by molar-refractivity contribution is 0.0259. The van der Waals surface area contributed by atoms with E-state index in [0.29, 0.717) is 0 Å². The molecule has 1 heterocycles. The zero-order chi connectivity index (χ0) is 11.0. The highest BCUT2D eigenvalue weighted by Gasteiger charge is 2.33. The average molecular weight is 216 g/mol. The van der Waals surface area contributed by atoms with Gasteiger partial charge in [-0.2, -0.15) is 0 Å². The maximum absolute atomic E-state index is 6.19. The number of hydrogen-bond acceptors (Lipinski definition) is 1. The van der Waals surface area contributed by atoms with Crippen molar-refractivity contribution in [2.45, 2.75) is 51.0 Å². The number of ether oxygens (including phenoxy) is 1. The summed E-state index contributed by atoms with van der Waals surface area (Å²) in [5, 5.41) is 0. The fourth-order valence-electron chi connectivity index (χ4n) is 2.85. The van der Waals surface area contributed by atoms with E-state index in [1.807, 2.05) is 0 Å². The van der Waals surface area contributed by atoms with Gasteiger partial charge in [-0.25, -0.2) is 0 Å². The van der Waals surface area contributed by atoms with Crippen LogP contribution in [0.4, 0.5) is 0 Å². The van der Waals surface area contributed by atoms with Crippen molar-refractivity contribution in [3.63, 3.8) is 0 Å². The predicted molar refractivity (Wildman–Crippen MR) is 66.0 cm³/mol. The predicted octanol–water partition coefficient (Wildman–Crippen LogP) is 4.13. The minimum atomic E-state index is -0.0500. The molecule has 0 aromatic rings. The van der Waals surface area contributed by atoms with Gasteiger partial charge in [0.2, 0.25) is 0 Å². The van der Waals surface area contributed by atoms with E-state index in [2.05, 4.69) is 31.2 Å². The van der Waals surface area contributed by atoms with Crippen LogP contribution in [0.5, 0.6) is 0 Å². The standard InChI is InChI=1S/C15H20O/c1-15(11-12-5-4-6-12)10-9-13-7-2-3-8-14(13)16-15/h7-10,12H,2-6,11H2,1H3. The summed E-state index contributed by atoms with van der Waals surface area (Å²) in [7, 11) is 0. The number of allylic oxidation sites excluding steroid dienone is 3. The van der Waals surface area contributed by atoms with Crippen molar-refractivity contribution in [1.29, 1.82) is 0 Å². The van der Waals surface area contributed by atoms with Crippen molar-refractivity contribution < 1.29 is 4.74 Å². The van der Waals surface area contributed by atoms with Crippen molar-refractivity contribution in [3.8, 4) is 0 Å². The van der Waals surface area contributed by atoms with Gasteiger partial charge >= 0.3 is 0 Å². The molecule has 1 nitrogen and oxygen atoms in total. The van der Waals surface area contributed by atoms with Crippen LogP contribution in [0, 0.1) is 5.92 Å². The van der Waals surface area contributed by atoms with Crippen LogP contribution in [0.3, 0.4) is 0 Å². The molecule has 2 aliphatic carbocycles. The van der Waals surface area contributed by atoms with Crippen molar-refractivity contribution >= 4 is 0 Å². The minimum absolute atomic E-state index is 0.0500. The maximum atomic E-state index is 6.19. The van der Waals surface area contributed by atoms with Gasteiger partial charge in [0.15, 0.2) is 0 Å². The van der Waals surface area contributed by atoms with Crippen LogP contribution in [0.1, 0.15) is 45.4 Å². The van der Waals surface area contributed by atoms with E-state index >= 15 is 0 Å². The number of rotatable bonds is 2. The van der Waals surface area contributed by atoms with E-state index in [1.165, 1.54) is 31.3 Å². The zero-order valence-corrected chi connectivity index (χ0v) is 10.0. The molecule has 16 heavy (non-hydrogen) atoms. The molecule has 0 radical (unpaired) electrons. The number of hydrogen-bond donors (Lipinski definition) is 0. The molecule has 0 aromatic carbocycles. The molecule has 3 aliphatic rings. The van der Waals surface area contributed by atoms with Gasteiger partial charge in [0.25, 0.3) is 0 Å². The first kappa shape index (κ1) is 10.2. The van der Waals surface area contributed by atoms with Crippen LogP contribution < -0.4 is 0 Å². The summed E-state index contributed by atoms with van der Waals surface area (Å²) in [4.78, 5) is 0. The van der Waals surface area contributed by atoms with Crippen LogP contribution >= 0.6 is 0 Å². The fourth-order valence-corrected chi connectivity index (χ4v) is 2.85. The molecular formula is C15H20O. The third kappa shape index (κ3) is 1.83. The quantitative estimate of drug-likeness (QED) is 0.674. The van der Waals surface area contributed by atoms with Crippen LogP contribution in [-0.2, 0) is 4.74 Å². The SMILES string of the molecule is CC1(CC2CCC2)C=CC2=CCCC=C2O1. The second-order valence-electron chi connectivity index (χ2n) is 5.55. The van der Waals surface area contributed by atoms with Crippen molar-refractivity contribution in [3.05, 3.63) is 35.6 Å². The highest BCUT2D eigenvalue weighted by atomic mass is 16.5. The van der Waals surface area contributed by atoms with Crippen LogP contribution in [-0.4, -0.2) is 5.60 Å². The molecule has 1 fully saturated rings. The smallest absolute Gasteiger partial charge is 0.125 e. The second-order valence-corrected chi connectivity index (χ2v) is 5.55. The Morgan fingerprint density at radius 3 is 2.88 bits per heavy atom. The minimum Gasteiger partial charge on any atom is -0.483 e. The molecular weight excluding hydrogens is 196 g/mol. The van der Waals surface area contributed by atoms with E-state index in [4.69, 9.17) is 4.74 Å². The first-order chi connectivity index (χ1) is 7.75. The lowest BCUT2D eigenvalue weighted by Crippen LogP contribution is -2.33. The molecule has 0 amide bonds. The van der Waals surface area contributed by atoms with Gasteiger partial charge in [0, 0.05) is 5.57 Å². The molecule has 86 valence electrons. The maximum Gasteiger partial charge on any atom is 0.125 e. The molecule has 1 aliphatic heterocycles. The van der Waals surface area contributed by atoms with Gasteiger partial charge in [0.05, 0.1) is 0 Å². The Morgan fingerprint density at radius 2 is 2.12 bits per heavy atom. The van der Waals surface area contributed by atoms with E-state index in [9.17, 15) is 0 Å². The zero-order valence-electron chi connectivity index (χ0n) is 10.0. The average Bonchev–Trinajstić information content (AvgIpc) is 2.24. The van der Waals surface area contributed by atoms with Crippen molar-refractivity contribution in [1.82, 2.24) is 0 Å². The summed E-state index contributed by atoms with van der Waals surface area (Å²) in [6, 6.07) is 0. The summed E-state index contributed by atoms with van der Waals surface area (Å²) in [6.45, 7) is 2.23. The molecule has 1 atom stereocenters. The van der Waals surface area contributed by atoms with Crippen molar-refractivity contribution in [2.24, 2.45) is 5.92 Å². The molecule has 3 rings (SSSR count). The first-order valence-electron chi connectivity index (χ1n) is 6.54. The van der Waals surface area contributed by atoms with Crippen molar-refractivity contribution in [2.75, 3.05) is 0 Å². The first-order valence-corrected chi connectivity index (χ1v) is 6.54. The summed E-state index contributed by atoms with van der Waals surface area (Å²) in [6.07, 6.45) is 16.7. The van der Waals surface area contributed by atoms with E-state index < -0.39 is 0 Å². The fraction of sp³-hybridized carbons (Fsp3) is 0.600. The monoisotopic (exact) mass is 216 g/mol. The molecule has 1 heteroatoms. The number of fused-ring (bicyclic) bond motifs is 1. The topological polar surface area (TPSA) is 9.23 Å². The third-order valence-corrected chi connectivity index (χ3v) is 4.02. The summed E-state index contributed by atoms with van der Waals surface area (Å²) in [5.74, 6) is 2.01. The Labute approximate surface area is 97.9 Å². The highest BCUT2D eigenvalue weighted by Crippen LogP contribution is 2.40. The lowest BCUT2D eigenvalue weighted by atomic mass is 9.77.